The van der Waals surface area contributed by atoms with E-state index in [1.807, 2.05) is 18.2 Å². The first-order valence-corrected chi connectivity index (χ1v) is 7.52. The predicted molar refractivity (Wildman–Crippen MR) is 78.2 cm³/mol. The molecule has 2 aliphatic heterocycles. The molecule has 0 saturated carbocycles. The van der Waals surface area contributed by atoms with Gasteiger partial charge in [0.25, 0.3) is 0 Å². The molecule has 0 aliphatic carbocycles. The number of hydrogen-bond donors (Lipinski definition) is 2. The highest BCUT2D eigenvalue weighted by atomic mass is 35.5. The van der Waals surface area contributed by atoms with Crippen molar-refractivity contribution in [3.63, 3.8) is 0 Å². The molecule has 5 heteroatoms. The Kier molecular flexibility index (Phi) is 4.13. The summed E-state index contributed by atoms with van der Waals surface area (Å²) in [5.41, 5.74) is 1.02. The van der Waals surface area contributed by atoms with Crippen LogP contribution in [0, 0.1) is 5.92 Å². The van der Waals surface area contributed by atoms with Crippen LogP contribution < -0.4 is 15.4 Å². The van der Waals surface area contributed by atoms with Crippen LogP contribution in [0.2, 0.25) is 5.02 Å². The van der Waals surface area contributed by atoms with Gasteiger partial charge in [0.15, 0.2) is 0 Å². The molecule has 2 heterocycles. The summed E-state index contributed by atoms with van der Waals surface area (Å²) in [6.07, 6.45) is 2.86. The van der Waals surface area contributed by atoms with Gasteiger partial charge in [0.05, 0.1) is 5.92 Å². The van der Waals surface area contributed by atoms with Crippen molar-refractivity contribution in [2.75, 3.05) is 19.7 Å². The van der Waals surface area contributed by atoms with Crippen LogP contribution in [0.25, 0.3) is 0 Å². The third kappa shape index (κ3) is 3.07. The van der Waals surface area contributed by atoms with Crippen molar-refractivity contribution in [2.45, 2.75) is 25.3 Å². The fourth-order valence-electron chi connectivity index (χ4n) is 2.83. The summed E-state index contributed by atoms with van der Waals surface area (Å²) >= 11 is 6.00. The molecule has 2 unspecified atom stereocenters. The highest BCUT2D eigenvalue weighted by molar-refractivity contribution is 6.30. The minimum Gasteiger partial charge on any atom is -0.492 e. The summed E-state index contributed by atoms with van der Waals surface area (Å²) < 4.78 is 5.67. The lowest BCUT2D eigenvalue weighted by Crippen LogP contribution is -2.49. The Morgan fingerprint density at radius 3 is 3.15 bits per heavy atom. The molecule has 1 amide bonds. The van der Waals surface area contributed by atoms with Crippen LogP contribution in [0.5, 0.6) is 5.75 Å². The SMILES string of the molecule is O=C(NC1CCCNC1)C1COc2ccc(Cl)cc2C1. The van der Waals surface area contributed by atoms with E-state index in [0.717, 1.165) is 37.2 Å². The maximum absolute atomic E-state index is 12.3. The molecular weight excluding hydrogens is 276 g/mol. The predicted octanol–water partition coefficient (Wildman–Crippen LogP) is 1.76. The molecule has 108 valence electrons. The van der Waals surface area contributed by atoms with Gasteiger partial charge in [0, 0.05) is 17.6 Å². The van der Waals surface area contributed by atoms with Crippen LogP contribution in [0.1, 0.15) is 18.4 Å². The monoisotopic (exact) mass is 294 g/mol. The minimum absolute atomic E-state index is 0.0873. The molecule has 3 rings (SSSR count). The molecule has 0 bridgehead atoms. The van der Waals surface area contributed by atoms with Crippen LogP contribution >= 0.6 is 11.6 Å². The standard InChI is InChI=1S/C15H19ClN2O2/c16-12-3-4-14-10(7-12)6-11(9-20-14)15(19)18-13-2-1-5-17-8-13/h3-4,7,11,13,17H,1-2,5-6,8-9H2,(H,18,19). The van der Waals surface area contributed by atoms with E-state index in [1.54, 1.807) is 0 Å². The number of benzene rings is 1. The average Bonchev–Trinajstić information content (AvgIpc) is 2.47. The van der Waals surface area contributed by atoms with Gasteiger partial charge in [-0.05, 0) is 49.6 Å². The maximum Gasteiger partial charge on any atom is 0.227 e. The molecule has 1 aromatic carbocycles. The third-order valence-corrected chi connectivity index (χ3v) is 4.18. The molecule has 0 radical (unpaired) electrons. The Balaban J connectivity index is 1.62. The first-order valence-electron chi connectivity index (χ1n) is 7.14. The van der Waals surface area contributed by atoms with Gasteiger partial charge >= 0.3 is 0 Å². The fourth-order valence-corrected chi connectivity index (χ4v) is 3.02. The van der Waals surface area contributed by atoms with Crippen LogP contribution in [0.4, 0.5) is 0 Å². The van der Waals surface area contributed by atoms with E-state index in [9.17, 15) is 4.79 Å². The normalized spacial score (nSPS) is 25.4. The van der Waals surface area contributed by atoms with Gasteiger partial charge in [-0.25, -0.2) is 0 Å². The molecular formula is C15H19ClN2O2. The Morgan fingerprint density at radius 2 is 2.35 bits per heavy atom. The second-order valence-corrected chi connectivity index (χ2v) is 5.95. The van der Waals surface area contributed by atoms with Gasteiger partial charge < -0.3 is 15.4 Å². The van der Waals surface area contributed by atoms with E-state index in [-0.39, 0.29) is 17.9 Å². The molecule has 2 N–H and O–H groups in total. The average molecular weight is 295 g/mol. The maximum atomic E-state index is 12.3. The summed E-state index contributed by atoms with van der Waals surface area (Å²) in [5.74, 6) is 0.810. The van der Waals surface area contributed by atoms with Crippen molar-refractivity contribution in [1.82, 2.24) is 10.6 Å². The second kappa shape index (κ2) is 6.02. The molecule has 1 saturated heterocycles. The number of fused-ring (bicyclic) bond motifs is 1. The zero-order valence-electron chi connectivity index (χ0n) is 11.3. The topological polar surface area (TPSA) is 50.4 Å². The van der Waals surface area contributed by atoms with Crippen LogP contribution in [-0.4, -0.2) is 31.6 Å². The van der Waals surface area contributed by atoms with Gasteiger partial charge in [-0.15, -0.1) is 0 Å². The summed E-state index contributed by atoms with van der Waals surface area (Å²) in [7, 11) is 0. The highest BCUT2D eigenvalue weighted by Gasteiger charge is 2.28. The molecule has 2 atom stereocenters. The molecule has 0 aromatic heterocycles. The summed E-state index contributed by atoms with van der Waals surface area (Å²) in [4.78, 5) is 12.3. The van der Waals surface area contributed by atoms with E-state index in [1.165, 1.54) is 0 Å². The Hall–Kier alpha value is -1.26. The van der Waals surface area contributed by atoms with E-state index in [2.05, 4.69) is 10.6 Å². The van der Waals surface area contributed by atoms with E-state index in [4.69, 9.17) is 16.3 Å². The summed E-state index contributed by atoms with van der Waals surface area (Å²) in [6.45, 7) is 2.35. The van der Waals surface area contributed by atoms with E-state index < -0.39 is 0 Å². The van der Waals surface area contributed by atoms with Crippen molar-refractivity contribution in [2.24, 2.45) is 5.92 Å². The van der Waals surface area contributed by atoms with Crippen LogP contribution in [-0.2, 0) is 11.2 Å². The van der Waals surface area contributed by atoms with Gasteiger partial charge in [-0.3, -0.25) is 4.79 Å². The van der Waals surface area contributed by atoms with Crippen molar-refractivity contribution in [3.05, 3.63) is 28.8 Å². The van der Waals surface area contributed by atoms with Crippen molar-refractivity contribution in [3.8, 4) is 5.75 Å². The number of amides is 1. The van der Waals surface area contributed by atoms with Gasteiger partial charge in [-0.2, -0.15) is 0 Å². The smallest absolute Gasteiger partial charge is 0.227 e. The minimum atomic E-state index is -0.122. The number of nitrogens with one attached hydrogen (secondary N) is 2. The highest BCUT2D eigenvalue weighted by Crippen LogP contribution is 2.29. The van der Waals surface area contributed by atoms with Crippen LogP contribution in [0.15, 0.2) is 18.2 Å². The van der Waals surface area contributed by atoms with E-state index >= 15 is 0 Å². The summed E-state index contributed by atoms with van der Waals surface area (Å²) in [6, 6.07) is 5.82. The number of carbonyl (C=O) groups is 1. The van der Waals surface area contributed by atoms with Gasteiger partial charge in [-0.1, -0.05) is 11.6 Å². The molecule has 1 fully saturated rings. The Morgan fingerprint density at radius 1 is 1.45 bits per heavy atom. The Labute approximate surface area is 123 Å². The summed E-state index contributed by atoms with van der Waals surface area (Å²) in [5, 5.41) is 7.11. The van der Waals surface area contributed by atoms with Crippen molar-refractivity contribution < 1.29 is 9.53 Å². The molecule has 0 spiro atoms. The largest absolute Gasteiger partial charge is 0.492 e. The number of rotatable bonds is 2. The lowest BCUT2D eigenvalue weighted by molar-refractivity contribution is -0.127. The van der Waals surface area contributed by atoms with Crippen molar-refractivity contribution in [1.29, 1.82) is 0 Å². The van der Waals surface area contributed by atoms with Gasteiger partial charge in [0.1, 0.15) is 12.4 Å². The molecule has 2 aliphatic rings. The first-order chi connectivity index (χ1) is 9.72. The number of ether oxygens (including phenoxy) is 1. The zero-order chi connectivity index (χ0) is 13.9. The number of hydrogen-bond acceptors (Lipinski definition) is 3. The van der Waals surface area contributed by atoms with Crippen molar-refractivity contribution >= 4 is 17.5 Å². The van der Waals surface area contributed by atoms with E-state index in [0.29, 0.717) is 18.1 Å². The molecule has 1 aromatic rings. The molecule has 4 nitrogen and oxygen atoms in total. The lowest BCUT2D eigenvalue weighted by Gasteiger charge is -2.28. The lowest BCUT2D eigenvalue weighted by atomic mass is 9.95. The number of piperidine rings is 1. The zero-order valence-corrected chi connectivity index (χ0v) is 12.1. The third-order valence-electron chi connectivity index (χ3n) is 3.94. The number of carbonyl (C=O) groups excluding carboxylic acids is 1. The first kappa shape index (κ1) is 13.7. The molecule has 20 heavy (non-hydrogen) atoms. The van der Waals surface area contributed by atoms with Gasteiger partial charge in [0.2, 0.25) is 5.91 Å². The Bertz CT molecular complexity index is 501. The second-order valence-electron chi connectivity index (χ2n) is 5.52. The fraction of sp³-hybridized carbons (Fsp3) is 0.533. The number of halogens is 1. The van der Waals surface area contributed by atoms with Crippen LogP contribution in [0.3, 0.4) is 0 Å². The quantitative estimate of drug-likeness (QED) is 0.874.